The number of para-hydroxylation sites is 6. The molecule has 0 amide bonds. The molecule has 6 heterocycles. The second-order valence-corrected chi connectivity index (χ2v) is 32.9. The zero-order chi connectivity index (χ0) is 84.4. The number of benzene rings is 18. The molecule has 4 aliphatic rings. The van der Waals surface area contributed by atoms with E-state index in [1.54, 1.807) is 0 Å². The number of aromatic nitrogens is 8. The number of hydrogen-bond acceptors (Lipinski definition) is 10. The van der Waals surface area contributed by atoms with Crippen LogP contribution in [0.2, 0.25) is 0 Å². The summed E-state index contributed by atoms with van der Waals surface area (Å²) in [7, 11) is 0. The fraction of sp³-hybridized carbons (Fsp3) is 0.0169. The van der Waals surface area contributed by atoms with E-state index in [0.717, 1.165) is 156 Å². The van der Waals surface area contributed by atoms with Crippen LogP contribution in [0.5, 0.6) is 23.0 Å². The molecule has 2 spiro atoms. The Balaban J connectivity index is 0.000000139. The summed E-state index contributed by atoms with van der Waals surface area (Å²) in [6, 6.07) is 153. The van der Waals surface area contributed by atoms with E-state index in [1.165, 1.54) is 55.3 Å². The second-order valence-electron chi connectivity index (χ2n) is 32.9. The van der Waals surface area contributed by atoms with Gasteiger partial charge in [-0.3, -0.25) is 0 Å². The maximum absolute atomic E-state index is 6.62. The predicted molar refractivity (Wildman–Crippen MR) is 514 cm³/mol. The highest BCUT2D eigenvalue weighted by atomic mass is 16.5. The van der Waals surface area contributed by atoms with Crippen molar-refractivity contribution in [1.29, 1.82) is 0 Å². The van der Waals surface area contributed by atoms with Crippen molar-refractivity contribution in [1.82, 2.24) is 39.9 Å². The molecule has 0 atom stereocenters. The molecule has 18 aromatic carbocycles. The average molecular weight is 1630 g/mol. The van der Waals surface area contributed by atoms with Crippen molar-refractivity contribution in [2.45, 2.75) is 10.8 Å². The summed E-state index contributed by atoms with van der Waals surface area (Å²) in [6.07, 6.45) is 0. The summed E-state index contributed by atoms with van der Waals surface area (Å²) in [4.78, 5) is 40.4. The average Bonchev–Trinajstić information content (AvgIpc) is 1.51. The van der Waals surface area contributed by atoms with Gasteiger partial charge in [0.05, 0.1) is 33.3 Å². The van der Waals surface area contributed by atoms with Gasteiger partial charge in [-0.15, -0.1) is 0 Å². The molecular formula is C118H72N8O2. The third-order valence-electron chi connectivity index (χ3n) is 26.0. The number of rotatable bonds is 10. The molecule has 0 N–H and O–H groups in total. The van der Waals surface area contributed by atoms with Crippen LogP contribution in [0.4, 0.5) is 0 Å². The van der Waals surface area contributed by atoms with E-state index in [-0.39, 0.29) is 0 Å². The Kier molecular flexibility index (Phi) is 17.2. The summed E-state index contributed by atoms with van der Waals surface area (Å²) in [5.74, 6) is 7.38. The highest BCUT2D eigenvalue weighted by Crippen LogP contribution is 2.66. The molecule has 0 bridgehead atoms. The van der Waals surface area contributed by atoms with Crippen molar-refractivity contribution in [2.24, 2.45) is 0 Å². The van der Waals surface area contributed by atoms with Crippen LogP contribution in [0.25, 0.3) is 179 Å². The van der Waals surface area contributed by atoms with Gasteiger partial charge in [-0.05, 0) is 109 Å². The van der Waals surface area contributed by atoms with Crippen LogP contribution in [0, 0.1) is 0 Å². The van der Waals surface area contributed by atoms with Gasteiger partial charge in [0.25, 0.3) is 0 Å². The summed E-state index contributed by atoms with van der Waals surface area (Å²) in [6.45, 7) is 0. The molecule has 10 heteroatoms. The Bertz CT molecular complexity index is 8030. The lowest BCUT2D eigenvalue weighted by atomic mass is 9.66. The van der Waals surface area contributed by atoms with Gasteiger partial charge in [0, 0.05) is 99.1 Å². The Morgan fingerprint density at radius 1 is 0.164 bits per heavy atom. The first kappa shape index (κ1) is 73.6. The fourth-order valence-corrected chi connectivity index (χ4v) is 20.4. The lowest BCUT2D eigenvalue weighted by Gasteiger charge is -2.39. The first-order valence-corrected chi connectivity index (χ1v) is 43.3. The van der Waals surface area contributed by atoms with Crippen molar-refractivity contribution in [3.05, 3.63) is 481 Å². The van der Waals surface area contributed by atoms with E-state index >= 15 is 0 Å². The first-order chi connectivity index (χ1) is 63.4. The number of ether oxygens (including phenoxy) is 2. The zero-order valence-corrected chi connectivity index (χ0v) is 69.0. The Morgan fingerprint density at radius 3 is 0.797 bits per heavy atom. The SMILES string of the molecule is c1ccc(-c2nc(-c3ccccc3)nc(-c3ccc(-c4ccc(-c5nc6ccccc6c6c7c(ccc56)C5(c6ccccc6Oc6ccccc65)c5ccccc5-7)cc4)cc3)n2)cc1.c1ccc(-c2nc(-c3ccccc3)nc(-c3cccc(-c4ccc(-c5nc6ccccc6c6c7c(ccc56)C5(c6ccccc6Oc6ccccc65)c5ccccc5-7)cc4)c3)n2)cc1. The van der Waals surface area contributed by atoms with Crippen LogP contribution in [-0.4, -0.2) is 39.9 Å². The van der Waals surface area contributed by atoms with Crippen molar-refractivity contribution in [3.8, 4) is 158 Å². The molecule has 0 radical (unpaired) electrons. The van der Waals surface area contributed by atoms with Gasteiger partial charge in [0.2, 0.25) is 0 Å². The van der Waals surface area contributed by atoms with Crippen LogP contribution in [0.1, 0.15) is 44.5 Å². The maximum Gasteiger partial charge on any atom is 0.164 e. The predicted octanol–water partition coefficient (Wildman–Crippen LogP) is 28.8. The van der Waals surface area contributed by atoms with Crippen molar-refractivity contribution in [2.75, 3.05) is 0 Å². The Labute approximate surface area is 738 Å². The number of fused-ring (bicyclic) bond motifs is 26. The molecule has 22 aromatic rings. The smallest absolute Gasteiger partial charge is 0.164 e. The molecule has 0 fully saturated rings. The van der Waals surface area contributed by atoms with Gasteiger partial charge in [-0.25, -0.2) is 39.9 Å². The molecule has 0 saturated heterocycles. The van der Waals surface area contributed by atoms with E-state index in [0.29, 0.717) is 34.9 Å². The molecule has 128 heavy (non-hydrogen) atoms. The van der Waals surface area contributed by atoms with Crippen molar-refractivity contribution < 1.29 is 9.47 Å². The topological polar surface area (TPSA) is 122 Å². The highest BCUT2D eigenvalue weighted by Gasteiger charge is 2.53. The normalized spacial score (nSPS) is 12.9. The third kappa shape index (κ3) is 11.7. The summed E-state index contributed by atoms with van der Waals surface area (Å²) in [5, 5.41) is 6.94. The summed E-state index contributed by atoms with van der Waals surface area (Å²) in [5.41, 5.74) is 29.5. The van der Waals surface area contributed by atoms with E-state index in [9.17, 15) is 0 Å². The number of nitrogens with zero attached hydrogens (tertiary/aromatic N) is 8. The molecule has 596 valence electrons. The van der Waals surface area contributed by atoms with Gasteiger partial charge in [0.15, 0.2) is 34.9 Å². The number of hydrogen-bond donors (Lipinski definition) is 0. The lowest BCUT2D eigenvalue weighted by molar-refractivity contribution is 0.436. The molecule has 2 aliphatic heterocycles. The molecule has 2 aliphatic carbocycles. The van der Waals surface area contributed by atoms with E-state index in [4.69, 9.17) is 49.3 Å². The Morgan fingerprint density at radius 2 is 0.430 bits per heavy atom. The fourth-order valence-electron chi connectivity index (χ4n) is 20.4. The molecule has 26 rings (SSSR count). The highest BCUT2D eigenvalue weighted by molar-refractivity contribution is 6.21. The zero-order valence-electron chi connectivity index (χ0n) is 69.0. The van der Waals surface area contributed by atoms with Crippen LogP contribution >= 0.6 is 0 Å². The summed E-state index contributed by atoms with van der Waals surface area (Å²) >= 11 is 0. The van der Waals surface area contributed by atoms with E-state index < -0.39 is 10.8 Å². The van der Waals surface area contributed by atoms with Crippen LogP contribution in [-0.2, 0) is 10.8 Å². The standard InChI is InChI=1S/2C59H36N4O/c1-3-16-39(17-4-1)56-61-57(40-18-5-2-6-19-40)63-58(62-56)42-21-15-20-41(36-42)37-30-32-38(33-31-37)55-45-34-35-49-54(53(45)44-23-8-12-27-50(44)60-55)43-22-7-9-24-46(43)59(49)47-25-10-13-28-51(47)64-52-29-14-11-26-48(52)59;1-3-15-40(16-4-1)56-61-57(41-17-5-2-6-18-41)63-58(62-56)42-33-29-38(30-34-42)37-27-31-39(32-28-37)55-45-35-36-49-54(53(45)44-20-8-12-24-50(44)60-55)43-19-7-9-21-46(43)59(49)47-22-10-13-25-51(47)64-52-26-14-11-23-48(52)59/h2*1-36H. The van der Waals surface area contributed by atoms with Gasteiger partial charge in [-0.1, -0.05) is 394 Å². The van der Waals surface area contributed by atoms with Gasteiger partial charge in [-0.2, -0.15) is 0 Å². The lowest BCUT2D eigenvalue weighted by Crippen LogP contribution is -2.32. The monoisotopic (exact) mass is 1630 g/mol. The largest absolute Gasteiger partial charge is 0.457 e. The minimum Gasteiger partial charge on any atom is -0.457 e. The van der Waals surface area contributed by atoms with Crippen LogP contribution < -0.4 is 9.47 Å². The number of pyridine rings is 2. The van der Waals surface area contributed by atoms with Crippen molar-refractivity contribution in [3.63, 3.8) is 0 Å². The summed E-state index contributed by atoms with van der Waals surface area (Å²) < 4.78 is 13.2. The molecule has 10 nitrogen and oxygen atoms in total. The molecule has 4 aromatic heterocycles. The minimum atomic E-state index is -0.556. The van der Waals surface area contributed by atoms with E-state index in [1.807, 2.05) is 121 Å². The molecule has 0 saturated carbocycles. The molecule has 0 unspecified atom stereocenters. The first-order valence-electron chi connectivity index (χ1n) is 43.3. The minimum absolute atomic E-state index is 0.550. The van der Waals surface area contributed by atoms with Gasteiger partial charge >= 0.3 is 0 Å². The third-order valence-corrected chi connectivity index (χ3v) is 26.0. The van der Waals surface area contributed by atoms with Gasteiger partial charge in [0.1, 0.15) is 23.0 Å². The quantitative estimate of drug-likeness (QED) is 0.122. The van der Waals surface area contributed by atoms with E-state index in [2.05, 4.69) is 315 Å². The maximum atomic E-state index is 6.62. The van der Waals surface area contributed by atoms with Crippen LogP contribution in [0.15, 0.2) is 437 Å². The van der Waals surface area contributed by atoms with Gasteiger partial charge < -0.3 is 9.47 Å². The molecular weight excluding hydrogens is 1560 g/mol. The van der Waals surface area contributed by atoms with Crippen LogP contribution in [0.3, 0.4) is 0 Å². The Hall–Kier alpha value is -17.1. The second kappa shape index (κ2) is 29.9. The van der Waals surface area contributed by atoms with Crippen molar-refractivity contribution >= 4 is 43.4 Å².